The summed E-state index contributed by atoms with van der Waals surface area (Å²) in [6.45, 7) is 2.34. The lowest BCUT2D eigenvalue weighted by Crippen LogP contribution is -2.28. The highest BCUT2D eigenvalue weighted by molar-refractivity contribution is 8.18. The number of methoxy groups -OCH3 is 1. The summed E-state index contributed by atoms with van der Waals surface area (Å²) in [6.07, 6.45) is 3.78. The van der Waals surface area contributed by atoms with E-state index in [4.69, 9.17) is 4.74 Å². The summed E-state index contributed by atoms with van der Waals surface area (Å²) < 4.78 is 7.21. The van der Waals surface area contributed by atoms with Crippen molar-refractivity contribution in [1.82, 2.24) is 9.47 Å². The molecule has 8 heteroatoms. The average Bonchev–Trinajstić information content (AvgIpc) is 3.38. The van der Waals surface area contributed by atoms with Gasteiger partial charge in [0.05, 0.1) is 23.3 Å². The summed E-state index contributed by atoms with van der Waals surface area (Å²) in [6, 6.07) is 17.9. The number of carbonyl (C=O) groups excluding carboxylic acids is 1. The minimum Gasteiger partial charge on any atom is -0.497 e. The number of aromatic nitrogens is 1. The molecule has 2 aromatic carbocycles. The SMILES string of the molecule is CCN1C(=O)/C(=C/c2cccn2-c2ccc(OC)cc2)SC1=Nc1cccc(C(=O)O)c1. The van der Waals surface area contributed by atoms with Crippen molar-refractivity contribution < 1.29 is 19.4 Å². The fourth-order valence-corrected chi connectivity index (χ4v) is 4.36. The van der Waals surface area contributed by atoms with E-state index in [-0.39, 0.29) is 11.5 Å². The van der Waals surface area contributed by atoms with Crippen LogP contribution in [0.15, 0.2) is 76.8 Å². The van der Waals surface area contributed by atoms with Crippen molar-refractivity contribution in [2.75, 3.05) is 13.7 Å². The highest BCUT2D eigenvalue weighted by atomic mass is 32.2. The molecule has 0 bridgehead atoms. The van der Waals surface area contributed by atoms with Crippen molar-refractivity contribution in [3.8, 4) is 11.4 Å². The van der Waals surface area contributed by atoms with Gasteiger partial charge in [-0.05, 0) is 79.4 Å². The Hall–Kier alpha value is -3.78. The zero-order valence-electron chi connectivity index (χ0n) is 17.6. The van der Waals surface area contributed by atoms with Crippen molar-refractivity contribution in [1.29, 1.82) is 0 Å². The number of nitrogens with zero attached hydrogens (tertiary/aromatic N) is 3. The van der Waals surface area contributed by atoms with Gasteiger partial charge in [-0.3, -0.25) is 9.69 Å². The molecular weight excluding hydrogens is 426 g/mol. The number of amidine groups is 1. The first-order valence-corrected chi connectivity index (χ1v) is 10.8. The third-order valence-corrected chi connectivity index (χ3v) is 5.94. The van der Waals surface area contributed by atoms with Gasteiger partial charge in [-0.1, -0.05) is 6.07 Å². The zero-order chi connectivity index (χ0) is 22.7. The number of amides is 1. The van der Waals surface area contributed by atoms with Crippen LogP contribution in [0.5, 0.6) is 5.75 Å². The predicted molar refractivity (Wildman–Crippen MR) is 126 cm³/mol. The zero-order valence-corrected chi connectivity index (χ0v) is 18.4. The van der Waals surface area contributed by atoms with Gasteiger partial charge < -0.3 is 14.4 Å². The number of thioether (sulfide) groups is 1. The van der Waals surface area contributed by atoms with Gasteiger partial charge in [0, 0.05) is 24.1 Å². The van der Waals surface area contributed by atoms with Gasteiger partial charge in [-0.2, -0.15) is 0 Å². The van der Waals surface area contributed by atoms with Crippen LogP contribution in [-0.2, 0) is 4.79 Å². The standard InChI is InChI=1S/C24H21N3O4S/c1-3-26-22(28)21(32-24(26)25-17-7-4-6-16(14-17)23(29)30)15-19-8-5-13-27(19)18-9-11-20(31-2)12-10-18/h4-15H,3H2,1-2H3,(H,29,30)/b21-15-,25-24?. The van der Waals surface area contributed by atoms with Gasteiger partial charge in [-0.15, -0.1) is 0 Å². The van der Waals surface area contributed by atoms with Gasteiger partial charge in [0.2, 0.25) is 0 Å². The molecule has 162 valence electrons. The molecule has 32 heavy (non-hydrogen) atoms. The van der Waals surface area contributed by atoms with E-state index in [9.17, 15) is 14.7 Å². The minimum absolute atomic E-state index is 0.131. The Kier molecular flexibility index (Phi) is 6.13. The molecule has 0 atom stereocenters. The summed E-state index contributed by atoms with van der Waals surface area (Å²) in [5.41, 5.74) is 2.44. The van der Waals surface area contributed by atoms with E-state index in [0.29, 0.717) is 22.3 Å². The summed E-state index contributed by atoms with van der Waals surface area (Å²) in [5.74, 6) is -0.378. The van der Waals surface area contributed by atoms with Crippen LogP contribution in [0.25, 0.3) is 11.8 Å². The van der Waals surface area contributed by atoms with E-state index >= 15 is 0 Å². The van der Waals surface area contributed by atoms with Crippen LogP contribution in [0.3, 0.4) is 0 Å². The second-order valence-corrected chi connectivity index (χ2v) is 7.92. The molecule has 1 N–H and O–H groups in total. The topological polar surface area (TPSA) is 84.1 Å². The van der Waals surface area contributed by atoms with Gasteiger partial charge >= 0.3 is 5.97 Å². The number of carboxylic acids is 1. The molecule has 1 aromatic heterocycles. The normalized spacial score (nSPS) is 16.2. The first kappa shape index (κ1) is 21.5. The van der Waals surface area contributed by atoms with Crippen molar-refractivity contribution in [3.63, 3.8) is 0 Å². The summed E-state index contributed by atoms with van der Waals surface area (Å²) >= 11 is 1.28. The fourth-order valence-electron chi connectivity index (χ4n) is 3.31. The van der Waals surface area contributed by atoms with Gasteiger partial charge in [0.25, 0.3) is 5.91 Å². The maximum atomic E-state index is 13.0. The molecule has 7 nitrogen and oxygen atoms in total. The minimum atomic E-state index is -1.02. The molecule has 3 aromatic rings. The van der Waals surface area contributed by atoms with E-state index in [0.717, 1.165) is 17.1 Å². The van der Waals surface area contributed by atoms with E-state index in [1.807, 2.05) is 60.2 Å². The number of rotatable bonds is 6. The second-order valence-electron chi connectivity index (χ2n) is 6.91. The van der Waals surface area contributed by atoms with Gasteiger partial charge in [-0.25, -0.2) is 9.79 Å². The Morgan fingerprint density at radius 3 is 2.62 bits per heavy atom. The number of carbonyl (C=O) groups is 2. The lowest BCUT2D eigenvalue weighted by Gasteiger charge is -2.12. The van der Waals surface area contributed by atoms with Crippen molar-refractivity contribution >= 4 is 40.6 Å². The summed E-state index contributed by atoms with van der Waals surface area (Å²) in [7, 11) is 1.62. The molecule has 1 amide bonds. The van der Waals surface area contributed by atoms with E-state index in [1.54, 1.807) is 24.1 Å². The molecule has 0 aliphatic carbocycles. The average molecular weight is 448 g/mol. The highest BCUT2D eigenvalue weighted by Crippen LogP contribution is 2.34. The van der Waals surface area contributed by atoms with Crippen molar-refractivity contribution in [3.05, 3.63) is 83.0 Å². The van der Waals surface area contributed by atoms with Crippen LogP contribution in [0, 0.1) is 0 Å². The number of ether oxygens (including phenoxy) is 1. The van der Waals surface area contributed by atoms with Crippen molar-refractivity contribution in [2.24, 2.45) is 4.99 Å². The highest BCUT2D eigenvalue weighted by Gasteiger charge is 2.32. The number of hydrogen-bond donors (Lipinski definition) is 1. The maximum Gasteiger partial charge on any atom is 0.335 e. The molecule has 0 spiro atoms. The van der Waals surface area contributed by atoms with E-state index < -0.39 is 5.97 Å². The van der Waals surface area contributed by atoms with Crippen LogP contribution in [0.2, 0.25) is 0 Å². The third-order valence-electron chi connectivity index (χ3n) is 4.93. The van der Waals surface area contributed by atoms with Gasteiger partial charge in [0.1, 0.15) is 5.75 Å². The van der Waals surface area contributed by atoms with Crippen molar-refractivity contribution in [2.45, 2.75) is 6.92 Å². The molecule has 1 aliphatic heterocycles. The second kappa shape index (κ2) is 9.15. The number of carboxylic acid groups (broad SMARTS) is 1. The van der Waals surface area contributed by atoms with Crippen LogP contribution in [0.4, 0.5) is 5.69 Å². The third kappa shape index (κ3) is 4.31. The van der Waals surface area contributed by atoms with E-state index in [2.05, 4.69) is 4.99 Å². The Labute approximate surface area is 189 Å². The largest absolute Gasteiger partial charge is 0.497 e. The number of aliphatic imine (C=N–C) groups is 1. The number of benzene rings is 2. The molecule has 1 aliphatic rings. The molecule has 0 unspecified atom stereocenters. The molecule has 1 saturated heterocycles. The number of aromatic carboxylic acids is 1. The predicted octanol–water partition coefficient (Wildman–Crippen LogP) is 4.81. The molecule has 0 radical (unpaired) electrons. The fraction of sp³-hybridized carbons (Fsp3) is 0.125. The lowest BCUT2D eigenvalue weighted by atomic mass is 10.2. The number of hydrogen-bond acceptors (Lipinski definition) is 5. The summed E-state index contributed by atoms with van der Waals surface area (Å²) in [5, 5.41) is 9.73. The smallest absolute Gasteiger partial charge is 0.335 e. The monoisotopic (exact) mass is 447 g/mol. The Bertz CT molecular complexity index is 1230. The van der Waals surface area contributed by atoms with Crippen LogP contribution < -0.4 is 4.74 Å². The lowest BCUT2D eigenvalue weighted by molar-refractivity contribution is -0.122. The maximum absolute atomic E-state index is 13.0. The quantitative estimate of drug-likeness (QED) is 0.549. The number of likely N-dealkylation sites (N-methyl/N-ethyl adjacent to an activating group) is 1. The Morgan fingerprint density at radius 2 is 1.94 bits per heavy atom. The van der Waals surface area contributed by atoms with Crippen LogP contribution in [-0.4, -0.2) is 45.3 Å². The van der Waals surface area contributed by atoms with Gasteiger partial charge in [0.15, 0.2) is 5.17 Å². The summed E-state index contributed by atoms with van der Waals surface area (Å²) in [4.78, 5) is 30.9. The van der Waals surface area contributed by atoms with Crippen LogP contribution in [0.1, 0.15) is 23.0 Å². The Morgan fingerprint density at radius 1 is 1.16 bits per heavy atom. The molecule has 0 saturated carbocycles. The molecule has 2 heterocycles. The van der Waals surface area contributed by atoms with Crippen LogP contribution >= 0.6 is 11.8 Å². The molecule has 4 rings (SSSR count). The first-order chi connectivity index (χ1) is 15.5. The molecular formula is C24H21N3O4S. The Balaban J connectivity index is 1.66. The van der Waals surface area contributed by atoms with E-state index in [1.165, 1.54) is 23.9 Å². The first-order valence-electron chi connectivity index (χ1n) is 9.95. The molecule has 1 fully saturated rings.